The average Bonchev–Trinajstić information content (AvgIpc) is 3.17. The van der Waals surface area contributed by atoms with Crippen LogP contribution in [0.25, 0.3) is 11.3 Å². The van der Waals surface area contributed by atoms with E-state index in [9.17, 15) is 9.59 Å². The van der Waals surface area contributed by atoms with Crippen LogP contribution in [0.5, 0.6) is 0 Å². The Bertz CT molecular complexity index is 1180. The lowest BCUT2D eigenvalue weighted by molar-refractivity contribution is -0.118. The van der Waals surface area contributed by atoms with Gasteiger partial charge in [-0.2, -0.15) is 5.10 Å². The number of anilines is 1. The zero-order chi connectivity index (χ0) is 28.3. The van der Waals surface area contributed by atoms with Crippen molar-refractivity contribution in [2.45, 2.75) is 91.2 Å². The molecule has 0 aliphatic carbocycles. The van der Waals surface area contributed by atoms with E-state index in [4.69, 9.17) is 9.16 Å². The first-order valence-corrected chi connectivity index (χ1v) is 16.1. The van der Waals surface area contributed by atoms with Crippen LogP contribution in [0.15, 0.2) is 36.7 Å². The zero-order valence-corrected chi connectivity index (χ0v) is 25.2. The smallest absolute Gasteiger partial charge is 0.408 e. The van der Waals surface area contributed by atoms with Gasteiger partial charge in [-0.1, -0.05) is 39.8 Å². The number of rotatable bonds is 5. The lowest BCUT2D eigenvalue weighted by atomic mass is 10.0. The van der Waals surface area contributed by atoms with E-state index >= 15 is 0 Å². The number of aromatic nitrogens is 3. The van der Waals surface area contributed by atoms with Crippen LogP contribution in [0.4, 0.5) is 10.5 Å². The van der Waals surface area contributed by atoms with Crippen molar-refractivity contribution in [1.82, 2.24) is 20.1 Å². The molecule has 0 fully saturated rings. The molecule has 3 heterocycles. The molecule has 2 amide bonds. The predicted molar refractivity (Wildman–Crippen MR) is 152 cm³/mol. The fraction of sp³-hybridized carbons (Fsp3) is 0.571. The number of nitrogens with zero attached hydrogens (tertiary/aromatic N) is 3. The molecular weight excluding hydrogens is 498 g/mol. The summed E-state index contributed by atoms with van der Waals surface area (Å²) in [6.07, 6.45) is 7.06. The molecule has 10 heteroatoms. The van der Waals surface area contributed by atoms with Crippen molar-refractivity contribution in [1.29, 1.82) is 0 Å². The van der Waals surface area contributed by atoms with Crippen molar-refractivity contribution in [3.05, 3.63) is 42.4 Å². The summed E-state index contributed by atoms with van der Waals surface area (Å²) >= 11 is 0. The topological polar surface area (TPSA) is 107 Å². The summed E-state index contributed by atoms with van der Waals surface area (Å²) in [6.45, 7) is 19.4. The molecule has 2 aromatic rings. The Balaban J connectivity index is 1.98. The summed E-state index contributed by atoms with van der Waals surface area (Å²) in [6, 6.07) is 3.38. The number of carbonyl (C=O) groups excluding carboxylic acids is 2. The van der Waals surface area contributed by atoms with Gasteiger partial charge in [-0.15, -0.1) is 0 Å². The Morgan fingerprint density at radius 2 is 1.95 bits per heavy atom. The van der Waals surface area contributed by atoms with E-state index in [2.05, 4.69) is 54.6 Å². The third-order valence-corrected chi connectivity index (χ3v) is 11.5. The molecule has 2 N–H and O–H groups in total. The minimum atomic E-state index is -1.92. The minimum absolute atomic E-state index is 0.104. The minimum Gasteiger partial charge on any atom is -0.444 e. The molecule has 2 atom stereocenters. The Morgan fingerprint density at radius 3 is 2.61 bits per heavy atom. The molecule has 0 saturated heterocycles. The molecule has 0 aromatic carbocycles. The first-order valence-electron chi connectivity index (χ1n) is 13.2. The van der Waals surface area contributed by atoms with E-state index in [1.54, 1.807) is 12.4 Å². The van der Waals surface area contributed by atoms with Crippen molar-refractivity contribution in [2.75, 3.05) is 11.9 Å². The molecule has 0 unspecified atom stereocenters. The average molecular weight is 542 g/mol. The highest BCUT2D eigenvalue weighted by molar-refractivity contribution is 6.74. The normalized spacial score (nSPS) is 19.4. The second-order valence-electron chi connectivity index (χ2n) is 12.3. The number of ether oxygens (including phenoxy) is 1. The SMILES string of the molecule is C[C@@H]1/C=C/C[C@H](NC(=O)OC(C)(C)C)c2cc(ccn2)-c2c(cnn2CCO[Si](C)(C)C(C)(C)C)NC1=O. The fourth-order valence-electron chi connectivity index (χ4n) is 3.80. The number of nitrogens with one attached hydrogen (secondary N) is 2. The van der Waals surface area contributed by atoms with Crippen molar-refractivity contribution in [2.24, 2.45) is 5.92 Å². The monoisotopic (exact) mass is 541 g/mol. The van der Waals surface area contributed by atoms with Gasteiger partial charge in [-0.25, -0.2) is 4.79 Å². The predicted octanol–water partition coefficient (Wildman–Crippen LogP) is 6.07. The van der Waals surface area contributed by atoms with Crippen molar-refractivity contribution < 1.29 is 18.8 Å². The Morgan fingerprint density at radius 1 is 1.24 bits per heavy atom. The van der Waals surface area contributed by atoms with Crippen LogP contribution in [0.1, 0.15) is 66.6 Å². The number of carbonyl (C=O) groups is 2. The highest BCUT2D eigenvalue weighted by atomic mass is 28.4. The standard InChI is InChI=1S/C28H43N5O4Si/c1-19-11-10-12-21(32-26(35)37-27(2,3)4)22-17-20(13-14-29-22)24-23(31-25(19)34)18-30-33(24)15-16-36-38(8,9)28(5,6)7/h10-11,13-14,17-19,21H,12,15-16H2,1-9H3,(H,31,34)(H,32,35)/b11-10+/t19-,21+/m1/s1. The molecule has 0 spiro atoms. The highest BCUT2D eigenvalue weighted by Crippen LogP contribution is 2.37. The van der Waals surface area contributed by atoms with Gasteiger partial charge >= 0.3 is 6.09 Å². The van der Waals surface area contributed by atoms with Crippen LogP contribution in [-0.4, -0.2) is 47.3 Å². The van der Waals surface area contributed by atoms with Gasteiger partial charge in [-0.05, 0) is 57.5 Å². The van der Waals surface area contributed by atoms with Gasteiger partial charge in [0.2, 0.25) is 5.91 Å². The van der Waals surface area contributed by atoms with Crippen molar-refractivity contribution in [3.8, 4) is 11.3 Å². The Labute approximate surface area is 227 Å². The third-order valence-electron chi connectivity index (χ3n) is 6.98. The van der Waals surface area contributed by atoms with Crippen molar-refractivity contribution in [3.63, 3.8) is 0 Å². The number of fused-ring (bicyclic) bond motifs is 4. The number of hydrogen-bond donors (Lipinski definition) is 2. The fourth-order valence-corrected chi connectivity index (χ4v) is 4.83. The molecule has 1 aliphatic rings. The van der Waals surface area contributed by atoms with Gasteiger partial charge in [0.15, 0.2) is 8.32 Å². The van der Waals surface area contributed by atoms with E-state index in [-0.39, 0.29) is 16.9 Å². The largest absolute Gasteiger partial charge is 0.444 e. The van der Waals surface area contributed by atoms with E-state index in [1.165, 1.54) is 0 Å². The van der Waals surface area contributed by atoms with Gasteiger partial charge in [-0.3, -0.25) is 14.5 Å². The first kappa shape index (κ1) is 29.6. The van der Waals surface area contributed by atoms with Crippen LogP contribution < -0.4 is 10.6 Å². The van der Waals surface area contributed by atoms with Gasteiger partial charge in [0.25, 0.3) is 0 Å². The molecule has 2 bridgehead atoms. The van der Waals surface area contributed by atoms with Crippen molar-refractivity contribution >= 4 is 26.0 Å². The lowest BCUT2D eigenvalue weighted by Crippen LogP contribution is -2.41. The Kier molecular flexibility index (Phi) is 8.88. The molecule has 3 rings (SSSR count). The van der Waals surface area contributed by atoms with Gasteiger partial charge in [0, 0.05) is 11.8 Å². The number of amides is 2. The van der Waals surface area contributed by atoms with Gasteiger partial charge in [0.1, 0.15) is 5.60 Å². The lowest BCUT2D eigenvalue weighted by Gasteiger charge is -2.36. The second-order valence-corrected chi connectivity index (χ2v) is 17.2. The van der Waals surface area contributed by atoms with Crippen LogP contribution >= 0.6 is 0 Å². The molecule has 0 radical (unpaired) electrons. The van der Waals surface area contributed by atoms with Crippen LogP contribution in [0.2, 0.25) is 18.1 Å². The Hall–Kier alpha value is -2.98. The molecular formula is C28H43N5O4Si. The number of pyridine rings is 1. The highest BCUT2D eigenvalue weighted by Gasteiger charge is 2.37. The summed E-state index contributed by atoms with van der Waals surface area (Å²) in [7, 11) is -1.92. The summed E-state index contributed by atoms with van der Waals surface area (Å²) in [4.78, 5) is 30.2. The quantitative estimate of drug-likeness (QED) is 0.352. The number of hydrogen-bond acceptors (Lipinski definition) is 6. The molecule has 38 heavy (non-hydrogen) atoms. The molecule has 2 aromatic heterocycles. The number of alkyl carbamates (subject to hydrolysis) is 1. The van der Waals surface area contributed by atoms with Gasteiger partial charge in [0.05, 0.1) is 48.4 Å². The van der Waals surface area contributed by atoms with E-state index in [1.807, 2.05) is 56.7 Å². The summed E-state index contributed by atoms with van der Waals surface area (Å²) in [5.41, 5.74) is 2.30. The molecule has 1 aliphatic heterocycles. The molecule has 208 valence electrons. The molecule has 0 saturated carbocycles. The summed E-state index contributed by atoms with van der Waals surface area (Å²) in [5.74, 6) is -0.507. The van der Waals surface area contributed by atoms with Gasteiger partial charge < -0.3 is 19.8 Å². The zero-order valence-electron chi connectivity index (χ0n) is 24.2. The summed E-state index contributed by atoms with van der Waals surface area (Å²) in [5, 5.41) is 10.7. The first-order chi connectivity index (χ1) is 17.6. The molecule has 9 nitrogen and oxygen atoms in total. The van der Waals surface area contributed by atoms with E-state index < -0.39 is 26.1 Å². The van der Waals surface area contributed by atoms with Crippen LogP contribution in [0.3, 0.4) is 0 Å². The second kappa shape index (κ2) is 11.4. The van der Waals surface area contributed by atoms with E-state index in [0.717, 1.165) is 11.3 Å². The maximum absolute atomic E-state index is 13.0. The summed E-state index contributed by atoms with van der Waals surface area (Å²) < 4.78 is 13.8. The third kappa shape index (κ3) is 7.54. The van der Waals surface area contributed by atoms with Crippen LogP contribution in [0, 0.1) is 5.92 Å². The van der Waals surface area contributed by atoms with E-state index in [0.29, 0.717) is 31.0 Å². The van der Waals surface area contributed by atoms with Crippen LogP contribution in [-0.2, 0) is 20.5 Å². The maximum atomic E-state index is 13.0. The maximum Gasteiger partial charge on any atom is 0.408 e.